The van der Waals surface area contributed by atoms with Gasteiger partial charge in [0.1, 0.15) is 0 Å². The lowest BCUT2D eigenvalue weighted by Gasteiger charge is -2.18. The fourth-order valence-electron chi connectivity index (χ4n) is 2.47. The number of hydrogen-bond acceptors (Lipinski definition) is 1. The van der Waals surface area contributed by atoms with E-state index in [2.05, 4.69) is 31.2 Å². The Morgan fingerprint density at radius 3 is 2.73 bits per heavy atom. The van der Waals surface area contributed by atoms with E-state index in [0.29, 0.717) is 6.10 Å². The highest BCUT2D eigenvalue weighted by molar-refractivity contribution is 5.13. The van der Waals surface area contributed by atoms with Gasteiger partial charge in [-0.3, -0.25) is 0 Å². The number of hydrogen-bond donors (Lipinski definition) is 0. The minimum absolute atomic E-state index is 0.509. The molecule has 0 bridgehead atoms. The van der Waals surface area contributed by atoms with Crippen molar-refractivity contribution >= 4 is 0 Å². The molecule has 0 amide bonds. The average molecular weight is 204 g/mol. The Morgan fingerprint density at radius 2 is 2.00 bits per heavy atom. The molecular weight excluding hydrogens is 184 g/mol. The van der Waals surface area contributed by atoms with Gasteiger partial charge in [-0.05, 0) is 24.3 Å². The van der Waals surface area contributed by atoms with Crippen molar-refractivity contribution in [3.63, 3.8) is 0 Å². The van der Waals surface area contributed by atoms with Crippen molar-refractivity contribution in [1.82, 2.24) is 0 Å². The number of rotatable bonds is 4. The average Bonchev–Trinajstić information content (AvgIpc) is 2.75. The van der Waals surface area contributed by atoms with Gasteiger partial charge in [0.05, 0.1) is 12.7 Å². The minimum Gasteiger partial charge on any atom is -0.373 e. The molecular formula is C14H20O. The third-order valence-electron chi connectivity index (χ3n) is 3.42. The van der Waals surface area contributed by atoms with Crippen molar-refractivity contribution in [3.8, 4) is 0 Å². The van der Waals surface area contributed by atoms with Gasteiger partial charge in [-0.1, -0.05) is 50.1 Å². The highest BCUT2D eigenvalue weighted by Crippen LogP contribution is 2.31. The molecule has 1 aliphatic carbocycles. The van der Waals surface area contributed by atoms with Gasteiger partial charge < -0.3 is 4.74 Å². The molecule has 0 N–H and O–H groups in total. The van der Waals surface area contributed by atoms with Gasteiger partial charge in [0.25, 0.3) is 0 Å². The number of ether oxygens (including phenoxy) is 1. The van der Waals surface area contributed by atoms with Gasteiger partial charge >= 0.3 is 0 Å². The molecule has 15 heavy (non-hydrogen) atoms. The minimum atomic E-state index is 0.509. The molecule has 0 aliphatic heterocycles. The monoisotopic (exact) mass is 204 g/mol. The van der Waals surface area contributed by atoms with Crippen molar-refractivity contribution in [3.05, 3.63) is 35.9 Å². The highest BCUT2D eigenvalue weighted by atomic mass is 16.5. The summed E-state index contributed by atoms with van der Waals surface area (Å²) >= 11 is 0. The predicted molar refractivity (Wildman–Crippen MR) is 62.7 cm³/mol. The van der Waals surface area contributed by atoms with Gasteiger partial charge in [0.2, 0.25) is 0 Å². The van der Waals surface area contributed by atoms with Crippen molar-refractivity contribution in [2.75, 3.05) is 0 Å². The van der Waals surface area contributed by atoms with Gasteiger partial charge in [-0.25, -0.2) is 0 Å². The van der Waals surface area contributed by atoms with Crippen LogP contribution in [0.1, 0.15) is 38.2 Å². The number of benzene rings is 1. The molecule has 1 saturated carbocycles. The maximum atomic E-state index is 5.99. The summed E-state index contributed by atoms with van der Waals surface area (Å²) in [6, 6.07) is 10.5. The van der Waals surface area contributed by atoms with Crippen LogP contribution in [0.4, 0.5) is 0 Å². The van der Waals surface area contributed by atoms with Gasteiger partial charge in [0, 0.05) is 0 Å². The van der Waals surface area contributed by atoms with E-state index in [4.69, 9.17) is 4.74 Å². The fraction of sp³-hybridized carbons (Fsp3) is 0.571. The van der Waals surface area contributed by atoms with E-state index in [-0.39, 0.29) is 0 Å². The summed E-state index contributed by atoms with van der Waals surface area (Å²) in [5.41, 5.74) is 1.29. The normalized spacial score (nSPS) is 25.7. The van der Waals surface area contributed by atoms with Crippen molar-refractivity contribution in [2.45, 2.75) is 45.3 Å². The molecule has 0 heterocycles. The Labute approximate surface area is 92.5 Å². The molecule has 1 aromatic rings. The van der Waals surface area contributed by atoms with E-state index < -0.39 is 0 Å². The second kappa shape index (κ2) is 5.32. The van der Waals surface area contributed by atoms with Gasteiger partial charge in [-0.2, -0.15) is 0 Å². The van der Waals surface area contributed by atoms with Crippen LogP contribution in [0.25, 0.3) is 0 Å². The van der Waals surface area contributed by atoms with E-state index in [0.717, 1.165) is 12.5 Å². The molecule has 2 unspecified atom stereocenters. The first kappa shape index (κ1) is 10.7. The standard InChI is InChI=1S/C14H20O/c1-2-13-9-6-10-14(13)15-11-12-7-4-3-5-8-12/h3-5,7-8,13-14H,2,6,9-11H2,1H3. The Kier molecular flexibility index (Phi) is 3.79. The first-order valence-electron chi connectivity index (χ1n) is 6.05. The first-order valence-corrected chi connectivity index (χ1v) is 6.05. The molecule has 1 nitrogen and oxygen atoms in total. The lowest BCUT2D eigenvalue weighted by atomic mass is 10.0. The molecule has 0 aromatic heterocycles. The molecule has 0 radical (unpaired) electrons. The van der Waals surface area contributed by atoms with Crippen molar-refractivity contribution in [2.24, 2.45) is 5.92 Å². The summed E-state index contributed by atoms with van der Waals surface area (Å²) in [6.07, 6.45) is 5.73. The topological polar surface area (TPSA) is 9.23 Å². The molecule has 0 spiro atoms. The largest absolute Gasteiger partial charge is 0.373 e. The Balaban J connectivity index is 1.83. The molecule has 82 valence electrons. The van der Waals surface area contributed by atoms with Crippen LogP contribution >= 0.6 is 0 Å². The van der Waals surface area contributed by atoms with E-state index in [9.17, 15) is 0 Å². The summed E-state index contributed by atoms with van der Waals surface area (Å²) in [4.78, 5) is 0. The zero-order chi connectivity index (χ0) is 10.5. The first-order chi connectivity index (χ1) is 7.40. The van der Waals surface area contributed by atoms with Crippen LogP contribution in [0.2, 0.25) is 0 Å². The second-order valence-corrected chi connectivity index (χ2v) is 4.43. The van der Waals surface area contributed by atoms with Crippen LogP contribution in [0.3, 0.4) is 0 Å². The molecule has 2 rings (SSSR count). The third-order valence-corrected chi connectivity index (χ3v) is 3.42. The Bertz CT molecular complexity index is 281. The van der Waals surface area contributed by atoms with Crippen LogP contribution in [-0.4, -0.2) is 6.10 Å². The fourth-order valence-corrected chi connectivity index (χ4v) is 2.47. The predicted octanol–water partition coefficient (Wildman–Crippen LogP) is 3.78. The van der Waals surface area contributed by atoms with Crippen LogP contribution in [0.15, 0.2) is 30.3 Å². The van der Waals surface area contributed by atoms with E-state index in [1.807, 2.05) is 6.07 Å². The maximum Gasteiger partial charge on any atom is 0.0720 e. The lowest BCUT2D eigenvalue weighted by Crippen LogP contribution is -2.17. The van der Waals surface area contributed by atoms with Gasteiger partial charge in [0.15, 0.2) is 0 Å². The second-order valence-electron chi connectivity index (χ2n) is 4.43. The van der Waals surface area contributed by atoms with Crippen LogP contribution in [0.5, 0.6) is 0 Å². The molecule has 1 aliphatic rings. The third kappa shape index (κ3) is 2.82. The maximum absolute atomic E-state index is 5.99. The van der Waals surface area contributed by atoms with E-state index in [1.165, 1.54) is 31.2 Å². The lowest BCUT2D eigenvalue weighted by molar-refractivity contribution is 0.0150. The molecule has 1 aromatic carbocycles. The summed E-state index contributed by atoms with van der Waals surface area (Å²) < 4.78 is 5.99. The smallest absolute Gasteiger partial charge is 0.0720 e. The van der Waals surface area contributed by atoms with Crippen LogP contribution in [-0.2, 0) is 11.3 Å². The molecule has 1 fully saturated rings. The van der Waals surface area contributed by atoms with E-state index in [1.54, 1.807) is 0 Å². The molecule has 0 saturated heterocycles. The Hall–Kier alpha value is -0.820. The molecule has 2 atom stereocenters. The zero-order valence-electron chi connectivity index (χ0n) is 9.49. The summed E-state index contributed by atoms with van der Waals surface area (Å²) in [5.74, 6) is 0.800. The summed E-state index contributed by atoms with van der Waals surface area (Å²) in [7, 11) is 0. The summed E-state index contributed by atoms with van der Waals surface area (Å²) in [5, 5.41) is 0. The summed E-state index contributed by atoms with van der Waals surface area (Å²) in [6.45, 7) is 3.05. The van der Waals surface area contributed by atoms with Crippen LogP contribution < -0.4 is 0 Å². The Morgan fingerprint density at radius 1 is 1.20 bits per heavy atom. The quantitative estimate of drug-likeness (QED) is 0.725. The SMILES string of the molecule is CCC1CCCC1OCc1ccccc1. The zero-order valence-corrected chi connectivity index (χ0v) is 9.49. The van der Waals surface area contributed by atoms with Crippen molar-refractivity contribution < 1.29 is 4.74 Å². The van der Waals surface area contributed by atoms with Crippen LogP contribution in [0, 0.1) is 5.92 Å². The van der Waals surface area contributed by atoms with Crippen molar-refractivity contribution in [1.29, 1.82) is 0 Å². The van der Waals surface area contributed by atoms with Gasteiger partial charge in [-0.15, -0.1) is 0 Å². The van der Waals surface area contributed by atoms with E-state index >= 15 is 0 Å². The highest BCUT2D eigenvalue weighted by Gasteiger charge is 2.26. The molecule has 1 heteroatoms.